The lowest BCUT2D eigenvalue weighted by Crippen LogP contribution is -2.34. The number of benzene rings is 1. The Bertz CT molecular complexity index is 755. The van der Waals surface area contributed by atoms with Crippen LogP contribution in [0.1, 0.15) is 11.6 Å². The Labute approximate surface area is 149 Å². The first-order valence-electron chi connectivity index (χ1n) is 5.95. The number of rotatable bonds is 5. The van der Waals surface area contributed by atoms with Crippen molar-refractivity contribution in [2.24, 2.45) is 0 Å². The lowest BCUT2D eigenvalue weighted by molar-refractivity contribution is -0.142. The summed E-state index contributed by atoms with van der Waals surface area (Å²) in [7, 11) is -2.64. The van der Waals surface area contributed by atoms with Crippen LogP contribution in [0.5, 0.6) is 0 Å². The van der Waals surface area contributed by atoms with Crippen molar-refractivity contribution in [3.63, 3.8) is 0 Å². The molecule has 1 aromatic carbocycles. The monoisotopic (exact) mass is 467 g/mol. The Morgan fingerprint density at radius 2 is 1.91 bits per heavy atom. The summed E-state index contributed by atoms with van der Waals surface area (Å²) < 4.78 is 33.4. The van der Waals surface area contributed by atoms with Gasteiger partial charge in [0.25, 0.3) is 10.0 Å². The fraction of sp³-hybridized carbons (Fsp3) is 0.154. The Morgan fingerprint density at radius 1 is 1.27 bits per heavy atom. The van der Waals surface area contributed by atoms with E-state index in [1.807, 2.05) is 0 Å². The number of methoxy groups -OCH3 is 1. The molecule has 22 heavy (non-hydrogen) atoms. The van der Waals surface area contributed by atoms with E-state index in [9.17, 15) is 13.2 Å². The van der Waals surface area contributed by atoms with Gasteiger partial charge in [-0.1, -0.05) is 30.3 Å². The maximum Gasteiger partial charge on any atom is 0.328 e. The standard InChI is InChI=1S/C13H11Br2NO4S2/c1-20-13(17)11(8-5-3-2-4-6-8)16-22(18,19)10-7-9(14)12(15)21-10/h2-7,11,16H,1H3. The largest absolute Gasteiger partial charge is 0.468 e. The van der Waals surface area contributed by atoms with E-state index < -0.39 is 22.0 Å². The molecule has 1 aromatic heterocycles. The van der Waals surface area contributed by atoms with Crippen molar-refractivity contribution < 1.29 is 17.9 Å². The highest BCUT2D eigenvalue weighted by Crippen LogP contribution is 2.35. The van der Waals surface area contributed by atoms with Gasteiger partial charge in [-0.05, 0) is 43.5 Å². The van der Waals surface area contributed by atoms with Gasteiger partial charge in [-0.2, -0.15) is 4.72 Å². The van der Waals surface area contributed by atoms with Gasteiger partial charge in [0.15, 0.2) is 0 Å². The third kappa shape index (κ3) is 3.96. The van der Waals surface area contributed by atoms with Crippen LogP contribution in [0.25, 0.3) is 0 Å². The molecule has 1 N–H and O–H groups in total. The molecule has 118 valence electrons. The van der Waals surface area contributed by atoms with Crippen LogP contribution in [0.4, 0.5) is 0 Å². The van der Waals surface area contributed by atoms with Crippen LogP contribution < -0.4 is 4.72 Å². The molecule has 5 nitrogen and oxygen atoms in total. The summed E-state index contributed by atoms with van der Waals surface area (Å²) in [6.45, 7) is 0. The van der Waals surface area contributed by atoms with Crippen LogP contribution in [0.3, 0.4) is 0 Å². The van der Waals surface area contributed by atoms with Gasteiger partial charge in [0.2, 0.25) is 0 Å². The van der Waals surface area contributed by atoms with Crippen molar-refractivity contribution in [3.8, 4) is 0 Å². The summed E-state index contributed by atoms with van der Waals surface area (Å²) in [6, 6.07) is 8.90. The molecule has 1 atom stereocenters. The van der Waals surface area contributed by atoms with E-state index in [0.29, 0.717) is 13.8 Å². The van der Waals surface area contributed by atoms with Crippen LogP contribution in [0, 0.1) is 0 Å². The molecule has 0 fully saturated rings. The average molecular weight is 469 g/mol. The van der Waals surface area contributed by atoms with E-state index in [2.05, 4.69) is 36.6 Å². The number of hydrogen-bond donors (Lipinski definition) is 1. The Morgan fingerprint density at radius 3 is 2.41 bits per heavy atom. The third-order valence-corrected chi connectivity index (χ3v) is 7.88. The molecule has 0 amide bonds. The molecule has 9 heteroatoms. The van der Waals surface area contributed by atoms with E-state index in [4.69, 9.17) is 4.74 Å². The van der Waals surface area contributed by atoms with Gasteiger partial charge in [-0.3, -0.25) is 0 Å². The highest BCUT2D eigenvalue weighted by Gasteiger charge is 2.29. The topological polar surface area (TPSA) is 72.5 Å². The van der Waals surface area contributed by atoms with E-state index in [1.165, 1.54) is 13.2 Å². The lowest BCUT2D eigenvalue weighted by Gasteiger charge is -2.16. The van der Waals surface area contributed by atoms with Crippen molar-refractivity contribution >= 4 is 59.2 Å². The molecule has 0 bridgehead atoms. The molecule has 2 rings (SSSR count). The smallest absolute Gasteiger partial charge is 0.328 e. The molecule has 0 saturated carbocycles. The van der Waals surface area contributed by atoms with E-state index in [0.717, 1.165) is 11.3 Å². The summed E-state index contributed by atoms with van der Waals surface area (Å²) in [5.41, 5.74) is 0.507. The predicted octanol–water partition coefficient (Wildman–Crippen LogP) is 3.47. The van der Waals surface area contributed by atoms with Crippen LogP contribution >= 0.6 is 43.2 Å². The number of esters is 1. The van der Waals surface area contributed by atoms with Crippen molar-refractivity contribution in [3.05, 3.63) is 50.2 Å². The van der Waals surface area contributed by atoms with Gasteiger partial charge in [0.1, 0.15) is 10.3 Å². The lowest BCUT2D eigenvalue weighted by atomic mass is 10.1. The molecule has 0 spiro atoms. The Kier molecular flexibility index (Phi) is 5.78. The fourth-order valence-corrected chi connectivity index (χ4v) is 5.70. The second-order valence-electron chi connectivity index (χ2n) is 4.18. The molecule has 0 radical (unpaired) electrons. The zero-order valence-electron chi connectivity index (χ0n) is 11.2. The molecular weight excluding hydrogens is 458 g/mol. The van der Waals surface area contributed by atoms with Crippen LogP contribution in [-0.4, -0.2) is 21.5 Å². The summed E-state index contributed by atoms with van der Waals surface area (Å²) in [5.74, 6) is -0.676. The van der Waals surface area contributed by atoms with Crippen LogP contribution in [0.2, 0.25) is 0 Å². The number of ether oxygens (including phenoxy) is 1. The minimum atomic E-state index is -3.86. The second-order valence-corrected chi connectivity index (χ2v) is 9.34. The van der Waals surface area contributed by atoms with E-state index >= 15 is 0 Å². The SMILES string of the molecule is COC(=O)C(NS(=O)(=O)c1cc(Br)c(Br)s1)c1ccccc1. The summed E-state index contributed by atoms with van der Waals surface area (Å²) >= 11 is 7.54. The number of carbonyl (C=O) groups is 1. The first kappa shape index (κ1) is 17.6. The first-order valence-corrected chi connectivity index (χ1v) is 9.83. The maximum atomic E-state index is 12.5. The molecule has 1 heterocycles. The van der Waals surface area contributed by atoms with Crippen molar-refractivity contribution in [2.45, 2.75) is 10.3 Å². The fourth-order valence-electron chi connectivity index (χ4n) is 1.69. The number of sulfonamides is 1. The quantitative estimate of drug-likeness (QED) is 0.682. The van der Waals surface area contributed by atoms with Crippen molar-refractivity contribution in [2.75, 3.05) is 7.11 Å². The molecular formula is C13H11Br2NO4S2. The molecule has 0 aliphatic carbocycles. The van der Waals surface area contributed by atoms with Gasteiger partial charge in [-0.15, -0.1) is 11.3 Å². The van der Waals surface area contributed by atoms with Crippen molar-refractivity contribution in [1.82, 2.24) is 4.72 Å². The van der Waals surface area contributed by atoms with Gasteiger partial charge >= 0.3 is 5.97 Å². The Balaban J connectivity index is 2.36. The number of halogens is 2. The van der Waals surface area contributed by atoms with Crippen molar-refractivity contribution in [1.29, 1.82) is 0 Å². The minimum absolute atomic E-state index is 0.0936. The highest BCUT2D eigenvalue weighted by atomic mass is 79.9. The third-order valence-electron chi connectivity index (χ3n) is 2.73. The molecule has 0 aliphatic rings. The summed E-state index contributed by atoms with van der Waals surface area (Å²) in [4.78, 5) is 11.9. The minimum Gasteiger partial charge on any atom is -0.468 e. The average Bonchev–Trinajstić information content (AvgIpc) is 2.85. The number of hydrogen-bond acceptors (Lipinski definition) is 5. The number of carbonyl (C=O) groups excluding carboxylic acids is 1. The van der Waals surface area contributed by atoms with Crippen LogP contribution in [-0.2, 0) is 19.6 Å². The van der Waals surface area contributed by atoms with Gasteiger partial charge < -0.3 is 4.74 Å². The maximum absolute atomic E-state index is 12.5. The van der Waals surface area contributed by atoms with Crippen LogP contribution in [0.15, 0.2) is 48.9 Å². The van der Waals surface area contributed by atoms with Gasteiger partial charge in [-0.25, -0.2) is 13.2 Å². The normalized spacial score (nSPS) is 12.9. The highest BCUT2D eigenvalue weighted by molar-refractivity contribution is 9.13. The molecule has 2 aromatic rings. The molecule has 0 aliphatic heterocycles. The Hall–Kier alpha value is -0.740. The molecule has 1 unspecified atom stereocenters. The van der Waals surface area contributed by atoms with E-state index in [-0.39, 0.29) is 4.21 Å². The number of thiophene rings is 1. The number of nitrogens with one attached hydrogen (secondary N) is 1. The molecule has 0 saturated heterocycles. The van der Waals surface area contributed by atoms with Gasteiger partial charge in [0, 0.05) is 4.47 Å². The summed E-state index contributed by atoms with van der Waals surface area (Å²) in [6.07, 6.45) is 0. The summed E-state index contributed by atoms with van der Waals surface area (Å²) in [5, 5.41) is 0. The first-order chi connectivity index (χ1) is 10.3. The second kappa shape index (κ2) is 7.22. The van der Waals surface area contributed by atoms with Gasteiger partial charge in [0.05, 0.1) is 10.9 Å². The predicted molar refractivity (Wildman–Crippen MR) is 91.2 cm³/mol. The zero-order chi connectivity index (χ0) is 16.3. The zero-order valence-corrected chi connectivity index (χ0v) is 16.1. The van der Waals surface area contributed by atoms with E-state index in [1.54, 1.807) is 30.3 Å².